The lowest BCUT2D eigenvalue weighted by atomic mass is 10.1. The summed E-state index contributed by atoms with van der Waals surface area (Å²) in [6.45, 7) is 13.0. The third kappa shape index (κ3) is 5.67. The Kier molecular flexibility index (Phi) is 6.88. The van der Waals surface area contributed by atoms with Crippen LogP contribution in [0.25, 0.3) is 0 Å². The molecule has 0 bridgehead atoms. The number of rotatable bonds is 6. The Morgan fingerprint density at radius 1 is 1.37 bits per heavy atom. The first-order valence-corrected chi connectivity index (χ1v) is 11.4. The van der Waals surface area contributed by atoms with Gasteiger partial charge in [-0.15, -0.1) is 0 Å². The molecule has 1 unspecified atom stereocenters. The van der Waals surface area contributed by atoms with Crippen molar-refractivity contribution in [2.45, 2.75) is 77.6 Å². The largest absolute Gasteiger partial charge is 0.357 e. The number of sulfone groups is 1. The number of nitrogens with zero attached hydrogens (tertiary/aromatic N) is 4. The molecule has 0 saturated carbocycles. The van der Waals surface area contributed by atoms with Gasteiger partial charge in [0, 0.05) is 24.9 Å². The number of aromatic nitrogens is 3. The highest BCUT2D eigenvalue weighted by molar-refractivity contribution is 7.92. The molecule has 1 aromatic heterocycles. The minimum absolute atomic E-state index is 0.0444. The van der Waals surface area contributed by atoms with Crippen LogP contribution in [0.2, 0.25) is 0 Å². The second-order valence-corrected chi connectivity index (χ2v) is 11.2. The molecule has 1 aliphatic rings. The van der Waals surface area contributed by atoms with Gasteiger partial charge in [0.15, 0.2) is 21.6 Å². The molecule has 0 spiro atoms. The first kappa shape index (κ1) is 21.7. The SMILES string of the molecule is CCNC(=NCCS(=O)(=O)C(C)(C)C)NC1CCc2nc(C(C)C)nn2C1. The number of guanidine groups is 1. The highest BCUT2D eigenvalue weighted by atomic mass is 32.2. The van der Waals surface area contributed by atoms with Crippen LogP contribution in [0.3, 0.4) is 0 Å². The quantitative estimate of drug-likeness (QED) is 0.556. The van der Waals surface area contributed by atoms with Crippen molar-refractivity contribution in [2.75, 3.05) is 18.8 Å². The molecule has 1 aliphatic heterocycles. The molecular weight excluding hydrogens is 364 g/mol. The third-order valence-electron chi connectivity index (χ3n) is 4.64. The topological polar surface area (TPSA) is 101 Å². The number of aliphatic imine (C=N–C) groups is 1. The first-order valence-electron chi connectivity index (χ1n) is 9.74. The highest BCUT2D eigenvalue weighted by Gasteiger charge is 2.28. The van der Waals surface area contributed by atoms with Gasteiger partial charge in [-0.3, -0.25) is 4.99 Å². The lowest BCUT2D eigenvalue weighted by Gasteiger charge is -2.25. The molecule has 0 saturated heterocycles. The second-order valence-electron chi connectivity index (χ2n) is 8.29. The summed E-state index contributed by atoms with van der Waals surface area (Å²) in [7, 11) is -3.17. The van der Waals surface area contributed by atoms with E-state index in [1.54, 1.807) is 20.8 Å². The normalized spacial score (nSPS) is 18.5. The van der Waals surface area contributed by atoms with Gasteiger partial charge in [-0.25, -0.2) is 18.1 Å². The molecule has 154 valence electrons. The fourth-order valence-electron chi connectivity index (χ4n) is 2.79. The minimum Gasteiger partial charge on any atom is -0.357 e. The molecule has 0 fully saturated rings. The van der Waals surface area contributed by atoms with Crippen LogP contribution in [0.4, 0.5) is 0 Å². The van der Waals surface area contributed by atoms with Gasteiger partial charge in [0.25, 0.3) is 0 Å². The third-order valence-corrected chi connectivity index (χ3v) is 7.22. The predicted octanol–water partition coefficient (Wildman–Crippen LogP) is 1.48. The van der Waals surface area contributed by atoms with Crippen LogP contribution >= 0.6 is 0 Å². The molecular formula is C18H34N6O2S. The molecule has 9 heteroatoms. The molecule has 1 atom stereocenters. The summed E-state index contributed by atoms with van der Waals surface area (Å²) >= 11 is 0. The fraction of sp³-hybridized carbons (Fsp3) is 0.833. The van der Waals surface area contributed by atoms with Crippen molar-refractivity contribution in [3.05, 3.63) is 11.6 Å². The van der Waals surface area contributed by atoms with E-state index in [-0.39, 0.29) is 18.3 Å². The Labute approximate surface area is 163 Å². The molecule has 1 aromatic rings. The zero-order valence-corrected chi connectivity index (χ0v) is 18.2. The van der Waals surface area contributed by atoms with E-state index in [4.69, 9.17) is 0 Å². The number of fused-ring (bicyclic) bond motifs is 1. The lowest BCUT2D eigenvalue weighted by molar-refractivity contribution is 0.391. The molecule has 0 radical (unpaired) electrons. The van der Waals surface area contributed by atoms with E-state index in [1.807, 2.05) is 11.6 Å². The standard InChI is InChI=1S/C18H34N6O2S/c1-7-19-17(20-10-11-27(25,26)18(4,5)6)21-14-8-9-15-22-16(13(2)3)23-24(15)12-14/h13-14H,7-12H2,1-6H3,(H2,19,20,21). The molecule has 8 nitrogen and oxygen atoms in total. The van der Waals surface area contributed by atoms with E-state index < -0.39 is 14.6 Å². The average molecular weight is 399 g/mol. The zero-order chi connectivity index (χ0) is 20.2. The van der Waals surface area contributed by atoms with E-state index in [1.165, 1.54) is 0 Å². The summed E-state index contributed by atoms with van der Waals surface area (Å²) in [5.41, 5.74) is 0. The van der Waals surface area contributed by atoms with Crippen LogP contribution in [0.1, 0.15) is 65.5 Å². The Hall–Kier alpha value is -1.64. The van der Waals surface area contributed by atoms with Gasteiger partial charge in [0.05, 0.1) is 23.6 Å². The van der Waals surface area contributed by atoms with Crippen molar-refractivity contribution in [2.24, 2.45) is 4.99 Å². The van der Waals surface area contributed by atoms with Crippen LogP contribution in [0, 0.1) is 0 Å². The number of nitrogens with one attached hydrogen (secondary N) is 2. The van der Waals surface area contributed by atoms with Crippen molar-refractivity contribution in [1.29, 1.82) is 0 Å². The maximum atomic E-state index is 12.2. The van der Waals surface area contributed by atoms with Gasteiger partial charge >= 0.3 is 0 Å². The molecule has 0 aromatic carbocycles. The molecule has 0 aliphatic carbocycles. The summed E-state index contributed by atoms with van der Waals surface area (Å²) in [6, 6.07) is 0.191. The minimum atomic E-state index is -3.17. The van der Waals surface area contributed by atoms with Crippen molar-refractivity contribution < 1.29 is 8.42 Å². The lowest BCUT2D eigenvalue weighted by Crippen LogP contribution is -2.47. The van der Waals surface area contributed by atoms with E-state index in [0.717, 1.165) is 37.6 Å². The maximum absolute atomic E-state index is 12.2. The maximum Gasteiger partial charge on any atom is 0.191 e. The van der Waals surface area contributed by atoms with E-state index in [0.29, 0.717) is 11.9 Å². The highest BCUT2D eigenvalue weighted by Crippen LogP contribution is 2.17. The summed E-state index contributed by atoms with van der Waals surface area (Å²) in [6.07, 6.45) is 1.82. The van der Waals surface area contributed by atoms with E-state index in [9.17, 15) is 8.42 Å². The molecule has 2 rings (SSSR count). The molecule has 2 heterocycles. The molecule has 27 heavy (non-hydrogen) atoms. The molecule has 2 N–H and O–H groups in total. The van der Waals surface area contributed by atoms with Gasteiger partial charge in [-0.05, 0) is 34.1 Å². The summed E-state index contributed by atoms with van der Waals surface area (Å²) < 4.78 is 25.7. The number of hydrogen-bond donors (Lipinski definition) is 2. The van der Waals surface area contributed by atoms with Gasteiger partial charge in [0.1, 0.15) is 5.82 Å². The van der Waals surface area contributed by atoms with E-state index >= 15 is 0 Å². The van der Waals surface area contributed by atoms with Crippen LogP contribution in [-0.4, -0.2) is 58.8 Å². The summed E-state index contributed by atoms with van der Waals surface area (Å²) in [4.78, 5) is 9.08. The van der Waals surface area contributed by atoms with Crippen LogP contribution < -0.4 is 10.6 Å². The smallest absolute Gasteiger partial charge is 0.191 e. The fourth-order valence-corrected chi connectivity index (χ4v) is 3.73. The predicted molar refractivity (Wildman–Crippen MR) is 109 cm³/mol. The second kappa shape index (κ2) is 8.58. The molecule has 0 amide bonds. The Morgan fingerprint density at radius 3 is 2.67 bits per heavy atom. The number of aryl methyl sites for hydroxylation is 1. The van der Waals surface area contributed by atoms with Crippen LogP contribution in [0.15, 0.2) is 4.99 Å². The first-order chi connectivity index (χ1) is 12.5. The van der Waals surface area contributed by atoms with Crippen molar-refractivity contribution in [3.63, 3.8) is 0 Å². The van der Waals surface area contributed by atoms with E-state index in [2.05, 4.69) is 39.6 Å². The van der Waals surface area contributed by atoms with Gasteiger partial charge in [0.2, 0.25) is 0 Å². The van der Waals surface area contributed by atoms with Crippen LogP contribution in [-0.2, 0) is 22.8 Å². The monoisotopic (exact) mass is 398 g/mol. The Balaban J connectivity index is 1.99. The van der Waals surface area contributed by atoms with Crippen molar-refractivity contribution >= 4 is 15.8 Å². The van der Waals surface area contributed by atoms with Gasteiger partial charge in [-0.1, -0.05) is 13.8 Å². The summed E-state index contributed by atoms with van der Waals surface area (Å²) in [5, 5.41) is 11.2. The Morgan fingerprint density at radius 2 is 2.07 bits per heavy atom. The van der Waals surface area contributed by atoms with Crippen molar-refractivity contribution in [3.8, 4) is 0 Å². The van der Waals surface area contributed by atoms with Gasteiger partial charge in [-0.2, -0.15) is 5.10 Å². The summed E-state index contributed by atoms with van der Waals surface area (Å²) in [5.74, 6) is 2.94. The zero-order valence-electron chi connectivity index (χ0n) is 17.4. The van der Waals surface area contributed by atoms with Gasteiger partial charge < -0.3 is 10.6 Å². The van der Waals surface area contributed by atoms with Crippen molar-refractivity contribution in [1.82, 2.24) is 25.4 Å². The van der Waals surface area contributed by atoms with Crippen LogP contribution in [0.5, 0.6) is 0 Å². The number of hydrogen-bond acceptors (Lipinski definition) is 5. The Bertz CT molecular complexity index is 761. The average Bonchev–Trinajstić information content (AvgIpc) is 2.97.